The Kier molecular flexibility index (Phi) is 3.78. The molecule has 2 aliphatic carbocycles. The van der Waals surface area contributed by atoms with Crippen molar-refractivity contribution in [2.24, 2.45) is 16.7 Å². The maximum absolute atomic E-state index is 13.6. The maximum Gasteiger partial charge on any atom is 0.319 e. The predicted molar refractivity (Wildman–Crippen MR) is 101 cm³/mol. The van der Waals surface area contributed by atoms with Crippen molar-refractivity contribution in [2.75, 3.05) is 13.7 Å². The molecule has 160 valence electrons. The van der Waals surface area contributed by atoms with Crippen LogP contribution in [0.4, 0.5) is 0 Å². The second-order valence-electron chi connectivity index (χ2n) is 9.97. The SMILES string of the molecule is CO[C@@H]1C2=C(C)[C@H]3C[C@]4(COC(C)=O)C(=O)O[C@H]5CC[C@H](C)[C@]1(C)[C@@]5(O)C[C@@]24O3. The Balaban J connectivity index is 1.78. The van der Waals surface area contributed by atoms with Crippen LogP contribution in [0.15, 0.2) is 11.1 Å². The number of fused-ring (bicyclic) bond motifs is 1. The van der Waals surface area contributed by atoms with Crippen molar-refractivity contribution in [3.8, 4) is 0 Å². The van der Waals surface area contributed by atoms with E-state index in [1.165, 1.54) is 6.92 Å². The summed E-state index contributed by atoms with van der Waals surface area (Å²) in [5, 5.41) is 12.2. The van der Waals surface area contributed by atoms with Crippen LogP contribution >= 0.6 is 0 Å². The molecule has 0 aromatic heterocycles. The number of hydrogen-bond acceptors (Lipinski definition) is 7. The Hall–Kier alpha value is -1.44. The molecule has 3 aliphatic heterocycles. The van der Waals surface area contributed by atoms with Gasteiger partial charge in [0.1, 0.15) is 29.3 Å². The van der Waals surface area contributed by atoms with Gasteiger partial charge in [-0.1, -0.05) is 13.8 Å². The van der Waals surface area contributed by atoms with E-state index in [1.54, 1.807) is 7.11 Å². The topological polar surface area (TPSA) is 91.3 Å². The number of carbonyl (C=O) groups is 2. The van der Waals surface area contributed by atoms with Crippen LogP contribution in [-0.2, 0) is 28.5 Å². The summed E-state index contributed by atoms with van der Waals surface area (Å²) in [5.41, 5.74) is -2.13. The minimum absolute atomic E-state index is 0.111. The molecular weight excluding hydrogens is 376 g/mol. The number of hydrogen-bond donors (Lipinski definition) is 1. The molecule has 5 aliphatic rings. The van der Waals surface area contributed by atoms with E-state index in [0.29, 0.717) is 12.8 Å². The van der Waals surface area contributed by atoms with Crippen molar-refractivity contribution in [3.63, 3.8) is 0 Å². The van der Waals surface area contributed by atoms with Crippen LogP contribution in [0.2, 0.25) is 0 Å². The molecule has 5 rings (SSSR count). The molecule has 3 heterocycles. The Morgan fingerprint density at radius 1 is 1.34 bits per heavy atom. The van der Waals surface area contributed by atoms with Crippen molar-refractivity contribution in [1.82, 2.24) is 0 Å². The molecule has 0 aromatic carbocycles. The highest BCUT2D eigenvalue weighted by Crippen LogP contribution is 2.72. The highest BCUT2D eigenvalue weighted by atomic mass is 16.6. The van der Waals surface area contributed by atoms with Gasteiger partial charge in [0.15, 0.2) is 0 Å². The molecule has 8 atom stereocenters. The maximum atomic E-state index is 13.6. The third-order valence-corrected chi connectivity index (χ3v) is 9.07. The lowest BCUT2D eigenvalue weighted by Crippen LogP contribution is -2.73. The van der Waals surface area contributed by atoms with E-state index in [0.717, 1.165) is 17.6 Å². The van der Waals surface area contributed by atoms with Gasteiger partial charge in [0.2, 0.25) is 0 Å². The summed E-state index contributed by atoms with van der Waals surface area (Å²) in [6.07, 6.45) is 0.753. The average Bonchev–Trinajstić information content (AvgIpc) is 3.09. The number of ether oxygens (including phenoxy) is 4. The molecule has 29 heavy (non-hydrogen) atoms. The molecule has 7 heteroatoms. The molecule has 2 saturated heterocycles. The molecule has 2 saturated carbocycles. The summed E-state index contributed by atoms with van der Waals surface area (Å²) in [6.45, 7) is 7.45. The lowest BCUT2D eigenvalue weighted by Gasteiger charge is -2.63. The van der Waals surface area contributed by atoms with E-state index in [2.05, 4.69) is 13.8 Å². The molecule has 1 N–H and O–H groups in total. The van der Waals surface area contributed by atoms with Crippen molar-refractivity contribution in [3.05, 3.63) is 11.1 Å². The fourth-order valence-corrected chi connectivity index (χ4v) is 7.31. The second-order valence-corrected chi connectivity index (χ2v) is 9.97. The van der Waals surface area contributed by atoms with Crippen molar-refractivity contribution in [1.29, 1.82) is 0 Å². The van der Waals surface area contributed by atoms with Gasteiger partial charge in [0.05, 0.1) is 12.2 Å². The van der Waals surface area contributed by atoms with Gasteiger partial charge in [-0.15, -0.1) is 0 Å². The Labute approximate surface area is 170 Å². The van der Waals surface area contributed by atoms with E-state index in [1.807, 2.05) is 6.92 Å². The molecule has 0 radical (unpaired) electrons. The summed E-state index contributed by atoms with van der Waals surface area (Å²) in [6, 6.07) is 0. The summed E-state index contributed by atoms with van der Waals surface area (Å²) in [5.74, 6) is -0.711. The monoisotopic (exact) mass is 406 g/mol. The molecule has 0 aromatic rings. The zero-order chi connectivity index (χ0) is 21.0. The quantitative estimate of drug-likeness (QED) is 0.565. The predicted octanol–water partition coefficient (Wildman–Crippen LogP) is 1.91. The van der Waals surface area contributed by atoms with Crippen LogP contribution in [0.1, 0.15) is 53.4 Å². The summed E-state index contributed by atoms with van der Waals surface area (Å²) in [7, 11) is 1.66. The van der Waals surface area contributed by atoms with E-state index in [9.17, 15) is 14.7 Å². The first-order chi connectivity index (χ1) is 13.6. The van der Waals surface area contributed by atoms with Gasteiger partial charge in [-0.3, -0.25) is 9.59 Å². The van der Waals surface area contributed by atoms with Crippen molar-refractivity contribution in [2.45, 2.75) is 82.9 Å². The fourth-order valence-electron chi connectivity index (χ4n) is 7.31. The van der Waals surface area contributed by atoms with Crippen molar-refractivity contribution >= 4 is 11.9 Å². The minimum Gasteiger partial charge on any atom is -0.465 e. The zero-order valence-corrected chi connectivity index (χ0v) is 17.7. The van der Waals surface area contributed by atoms with Gasteiger partial charge in [-0.05, 0) is 36.8 Å². The molecular formula is C22H30O7. The van der Waals surface area contributed by atoms with Crippen LogP contribution < -0.4 is 0 Å². The van der Waals surface area contributed by atoms with Gasteiger partial charge in [-0.25, -0.2) is 0 Å². The zero-order valence-electron chi connectivity index (χ0n) is 17.7. The fraction of sp³-hybridized carbons (Fsp3) is 0.818. The summed E-state index contributed by atoms with van der Waals surface area (Å²) in [4.78, 5) is 25.2. The molecule has 7 nitrogen and oxygen atoms in total. The number of esters is 2. The van der Waals surface area contributed by atoms with Gasteiger partial charge >= 0.3 is 11.9 Å². The standard InChI is InChI=1S/C22H30O7/c1-11-6-7-15-21(25)9-22-16(17(26-5)19(11,21)4)12(2)14(29-22)8-20(22,18(24)28-15)10-27-13(3)23/h11,14-15,17,25H,6-10H2,1-5H3/t11-,14+,15-,17+,19-,20-,21+,22+/m0/s1. The van der Waals surface area contributed by atoms with Gasteiger partial charge in [0, 0.05) is 32.3 Å². The van der Waals surface area contributed by atoms with Crippen LogP contribution in [0.5, 0.6) is 0 Å². The van der Waals surface area contributed by atoms with E-state index in [-0.39, 0.29) is 25.0 Å². The minimum atomic E-state index is -1.29. The molecule has 0 amide bonds. The largest absolute Gasteiger partial charge is 0.465 e. The van der Waals surface area contributed by atoms with E-state index < -0.39 is 46.2 Å². The van der Waals surface area contributed by atoms with E-state index >= 15 is 0 Å². The molecule has 4 fully saturated rings. The Morgan fingerprint density at radius 3 is 2.72 bits per heavy atom. The van der Waals surface area contributed by atoms with Crippen LogP contribution in [0.25, 0.3) is 0 Å². The van der Waals surface area contributed by atoms with Gasteiger partial charge < -0.3 is 24.1 Å². The Morgan fingerprint density at radius 2 is 2.07 bits per heavy atom. The lowest BCUT2D eigenvalue weighted by molar-refractivity contribution is -0.264. The van der Waals surface area contributed by atoms with Crippen LogP contribution in [0, 0.1) is 16.7 Å². The Bertz CT molecular complexity index is 835. The highest BCUT2D eigenvalue weighted by Gasteiger charge is 2.82. The number of methoxy groups -OCH3 is 1. The number of aliphatic hydroxyl groups is 1. The first-order valence-corrected chi connectivity index (χ1v) is 10.6. The normalized spacial score (nSPS) is 52.3. The molecule has 0 unspecified atom stereocenters. The van der Waals surface area contributed by atoms with Gasteiger partial charge in [0.25, 0.3) is 0 Å². The van der Waals surface area contributed by atoms with Crippen LogP contribution in [-0.4, -0.2) is 60.3 Å². The number of carbonyl (C=O) groups excluding carboxylic acids is 2. The van der Waals surface area contributed by atoms with Crippen molar-refractivity contribution < 1.29 is 33.6 Å². The summed E-state index contributed by atoms with van der Waals surface area (Å²) < 4.78 is 24.0. The second kappa shape index (κ2) is 5.62. The first kappa shape index (κ1) is 19.5. The number of rotatable bonds is 3. The van der Waals surface area contributed by atoms with Crippen LogP contribution in [0.3, 0.4) is 0 Å². The average molecular weight is 406 g/mol. The van der Waals surface area contributed by atoms with E-state index in [4.69, 9.17) is 18.9 Å². The smallest absolute Gasteiger partial charge is 0.319 e. The molecule has 3 bridgehead atoms. The lowest BCUT2D eigenvalue weighted by atomic mass is 9.44. The third kappa shape index (κ3) is 1.91. The van der Waals surface area contributed by atoms with Gasteiger partial charge in [-0.2, -0.15) is 0 Å². The highest BCUT2D eigenvalue weighted by molar-refractivity contribution is 5.83. The third-order valence-electron chi connectivity index (χ3n) is 9.07. The molecule has 1 spiro atoms. The first-order valence-electron chi connectivity index (χ1n) is 10.6. The summed E-state index contributed by atoms with van der Waals surface area (Å²) >= 11 is 0.